The van der Waals surface area contributed by atoms with Crippen molar-refractivity contribution in [2.45, 2.75) is 38.5 Å². The van der Waals surface area contributed by atoms with E-state index in [2.05, 4.69) is 4.98 Å². The molecular weight excluding hydrogens is 242 g/mol. The van der Waals surface area contributed by atoms with E-state index < -0.39 is 0 Å². The van der Waals surface area contributed by atoms with Crippen LogP contribution in [0, 0.1) is 5.92 Å². The molecule has 0 saturated heterocycles. The summed E-state index contributed by atoms with van der Waals surface area (Å²) in [5.74, 6) is 0.835. The zero-order chi connectivity index (χ0) is 12.4. The molecule has 0 atom stereocenters. The van der Waals surface area contributed by atoms with Gasteiger partial charge in [-0.05, 0) is 18.1 Å². The Hall–Kier alpha value is -1.22. The lowest BCUT2D eigenvalue weighted by Gasteiger charge is -2.19. The molecule has 3 heteroatoms. The van der Waals surface area contributed by atoms with Crippen LogP contribution in [0.15, 0.2) is 24.3 Å². The molecule has 0 amide bonds. The maximum absolute atomic E-state index is 12.2. The average molecular weight is 259 g/mol. The van der Waals surface area contributed by atoms with Gasteiger partial charge in [-0.1, -0.05) is 44.2 Å². The number of rotatable bonds is 3. The molecule has 0 spiro atoms. The summed E-state index contributed by atoms with van der Waals surface area (Å²) in [6.07, 6.45) is 7.05. The van der Waals surface area contributed by atoms with Gasteiger partial charge in [0.05, 0.1) is 10.2 Å². The van der Waals surface area contributed by atoms with Gasteiger partial charge < -0.3 is 0 Å². The third kappa shape index (κ3) is 2.46. The number of carbonyl (C=O) groups is 1. The van der Waals surface area contributed by atoms with E-state index in [1.807, 2.05) is 24.3 Å². The smallest absolute Gasteiger partial charge is 0.191 e. The molecule has 1 heterocycles. The number of Topliss-reactive ketones (excluding diaryl/α,β-unsaturated/α-hetero) is 1. The van der Waals surface area contributed by atoms with Crippen molar-refractivity contribution < 1.29 is 4.79 Å². The number of carbonyl (C=O) groups excluding carboxylic acids is 1. The van der Waals surface area contributed by atoms with Crippen molar-refractivity contribution in [2.24, 2.45) is 5.92 Å². The molecule has 1 fully saturated rings. The van der Waals surface area contributed by atoms with Crippen molar-refractivity contribution in [3.8, 4) is 0 Å². The first-order chi connectivity index (χ1) is 8.83. The Morgan fingerprint density at radius 2 is 2.00 bits per heavy atom. The van der Waals surface area contributed by atoms with Gasteiger partial charge in [0.25, 0.3) is 0 Å². The van der Waals surface area contributed by atoms with Gasteiger partial charge in [0, 0.05) is 6.42 Å². The van der Waals surface area contributed by atoms with E-state index in [0.717, 1.165) is 10.2 Å². The lowest BCUT2D eigenvalue weighted by atomic mass is 9.86. The second-order valence-corrected chi connectivity index (χ2v) is 6.15. The average Bonchev–Trinajstić information content (AvgIpc) is 2.84. The molecule has 3 rings (SSSR count). The van der Waals surface area contributed by atoms with Crippen LogP contribution in [0.3, 0.4) is 0 Å². The summed E-state index contributed by atoms with van der Waals surface area (Å²) in [6, 6.07) is 7.97. The van der Waals surface area contributed by atoms with Gasteiger partial charge in [0.15, 0.2) is 10.8 Å². The van der Waals surface area contributed by atoms with Crippen LogP contribution in [-0.4, -0.2) is 10.8 Å². The number of fused-ring (bicyclic) bond motifs is 1. The monoisotopic (exact) mass is 259 g/mol. The van der Waals surface area contributed by atoms with Crippen LogP contribution in [0.25, 0.3) is 10.2 Å². The lowest BCUT2D eigenvalue weighted by molar-refractivity contribution is 0.0950. The van der Waals surface area contributed by atoms with Crippen molar-refractivity contribution in [2.75, 3.05) is 0 Å². The topological polar surface area (TPSA) is 30.0 Å². The Morgan fingerprint density at radius 1 is 1.22 bits per heavy atom. The van der Waals surface area contributed by atoms with Gasteiger partial charge in [-0.3, -0.25) is 4.79 Å². The Balaban J connectivity index is 1.74. The van der Waals surface area contributed by atoms with Gasteiger partial charge in [-0.15, -0.1) is 11.3 Å². The summed E-state index contributed by atoms with van der Waals surface area (Å²) in [5, 5.41) is 0.696. The molecule has 1 aliphatic rings. The Kier molecular flexibility index (Phi) is 3.41. The molecule has 1 saturated carbocycles. The number of ketones is 1. The van der Waals surface area contributed by atoms with Crippen LogP contribution in [0.2, 0.25) is 0 Å². The van der Waals surface area contributed by atoms with Gasteiger partial charge >= 0.3 is 0 Å². The van der Waals surface area contributed by atoms with E-state index >= 15 is 0 Å². The summed E-state index contributed by atoms with van der Waals surface area (Å²) < 4.78 is 1.12. The predicted octanol–water partition coefficient (Wildman–Crippen LogP) is 4.45. The summed E-state index contributed by atoms with van der Waals surface area (Å²) >= 11 is 1.53. The molecular formula is C15H17NOS. The highest BCUT2D eigenvalue weighted by atomic mass is 32.1. The largest absolute Gasteiger partial charge is 0.292 e. The summed E-state index contributed by atoms with van der Waals surface area (Å²) in [6.45, 7) is 0. The number of para-hydroxylation sites is 1. The van der Waals surface area contributed by atoms with Crippen molar-refractivity contribution >= 4 is 27.3 Å². The molecule has 0 radical (unpaired) electrons. The fourth-order valence-electron chi connectivity index (χ4n) is 2.73. The van der Waals surface area contributed by atoms with Crippen LogP contribution < -0.4 is 0 Å². The van der Waals surface area contributed by atoms with Crippen LogP contribution in [-0.2, 0) is 0 Å². The van der Waals surface area contributed by atoms with Gasteiger partial charge in [-0.25, -0.2) is 4.98 Å². The van der Waals surface area contributed by atoms with E-state index in [9.17, 15) is 4.79 Å². The number of hydrogen-bond donors (Lipinski definition) is 0. The fourth-order valence-corrected chi connectivity index (χ4v) is 3.65. The van der Waals surface area contributed by atoms with Crippen LogP contribution in [0.1, 0.15) is 48.3 Å². The van der Waals surface area contributed by atoms with Gasteiger partial charge in [-0.2, -0.15) is 0 Å². The third-order valence-corrected chi connectivity index (χ3v) is 4.81. The SMILES string of the molecule is O=C(CC1CCCCC1)c1nc2ccccc2s1. The number of nitrogens with zero attached hydrogens (tertiary/aromatic N) is 1. The van der Waals surface area contributed by atoms with E-state index in [-0.39, 0.29) is 5.78 Å². The number of thiazole rings is 1. The molecule has 18 heavy (non-hydrogen) atoms. The van der Waals surface area contributed by atoms with E-state index in [1.165, 1.54) is 43.4 Å². The third-order valence-electron chi connectivity index (χ3n) is 3.73. The molecule has 0 bridgehead atoms. The Bertz CT molecular complexity index is 521. The molecule has 2 nitrogen and oxygen atoms in total. The molecule has 0 N–H and O–H groups in total. The zero-order valence-electron chi connectivity index (χ0n) is 10.4. The molecule has 0 aliphatic heterocycles. The Morgan fingerprint density at radius 3 is 2.78 bits per heavy atom. The standard InChI is InChI=1S/C15H17NOS/c17-13(10-11-6-2-1-3-7-11)15-16-12-8-4-5-9-14(12)18-15/h4-5,8-9,11H,1-3,6-7,10H2. The highest BCUT2D eigenvalue weighted by molar-refractivity contribution is 7.20. The summed E-state index contributed by atoms with van der Waals surface area (Å²) in [5.41, 5.74) is 0.953. The minimum absolute atomic E-state index is 0.239. The van der Waals surface area contributed by atoms with E-state index in [0.29, 0.717) is 17.3 Å². The number of aromatic nitrogens is 1. The molecule has 1 aliphatic carbocycles. The van der Waals surface area contributed by atoms with Crippen LogP contribution >= 0.6 is 11.3 Å². The quantitative estimate of drug-likeness (QED) is 0.762. The Labute approximate surface area is 111 Å². The highest BCUT2D eigenvalue weighted by Gasteiger charge is 2.20. The molecule has 2 aromatic rings. The molecule has 0 unspecified atom stereocenters. The van der Waals surface area contributed by atoms with E-state index in [1.54, 1.807) is 0 Å². The van der Waals surface area contributed by atoms with Crippen LogP contribution in [0.4, 0.5) is 0 Å². The van der Waals surface area contributed by atoms with E-state index in [4.69, 9.17) is 0 Å². The van der Waals surface area contributed by atoms with Crippen molar-refractivity contribution in [1.82, 2.24) is 4.98 Å². The van der Waals surface area contributed by atoms with Crippen molar-refractivity contribution in [1.29, 1.82) is 0 Å². The summed E-state index contributed by atoms with van der Waals surface area (Å²) in [4.78, 5) is 16.7. The van der Waals surface area contributed by atoms with Crippen molar-refractivity contribution in [3.05, 3.63) is 29.3 Å². The minimum Gasteiger partial charge on any atom is -0.292 e. The maximum Gasteiger partial charge on any atom is 0.191 e. The van der Waals surface area contributed by atoms with Crippen LogP contribution in [0.5, 0.6) is 0 Å². The fraction of sp³-hybridized carbons (Fsp3) is 0.467. The normalized spacial score (nSPS) is 17.1. The maximum atomic E-state index is 12.2. The minimum atomic E-state index is 0.239. The molecule has 1 aromatic heterocycles. The lowest BCUT2D eigenvalue weighted by Crippen LogP contribution is -2.12. The molecule has 94 valence electrons. The molecule has 1 aromatic carbocycles. The van der Waals surface area contributed by atoms with Gasteiger partial charge in [0.2, 0.25) is 0 Å². The number of benzene rings is 1. The zero-order valence-corrected chi connectivity index (χ0v) is 11.2. The first-order valence-electron chi connectivity index (χ1n) is 6.72. The summed E-state index contributed by atoms with van der Waals surface area (Å²) in [7, 11) is 0. The van der Waals surface area contributed by atoms with Gasteiger partial charge in [0.1, 0.15) is 0 Å². The predicted molar refractivity (Wildman–Crippen MR) is 75.1 cm³/mol. The second-order valence-electron chi connectivity index (χ2n) is 5.12. The first kappa shape index (κ1) is 11.8. The second kappa shape index (κ2) is 5.19. The van der Waals surface area contributed by atoms with Crippen molar-refractivity contribution in [3.63, 3.8) is 0 Å². The first-order valence-corrected chi connectivity index (χ1v) is 7.53. The number of hydrogen-bond acceptors (Lipinski definition) is 3. The highest BCUT2D eigenvalue weighted by Crippen LogP contribution is 2.29.